The van der Waals surface area contributed by atoms with Gasteiger partial charge in [0.05, 0.1) is 6.61 Å². The molecular formula is C16H26N2O. The fourth-order valence-electron chi connectivity index (χ4n) is 3.02. The van der Waals surface area contributed by atoms with Crippen molar-refractivity contribution in [3.8, 4) is 0 Å². The van der Waals surface area contributed by atoms with E-state index in [0.29, 0.717) is 12.5 Å². The Balaban J connectivity index is 1.83. The lowest BCUT2D eigenvalue weighted by atomic mass is 9.79. The molecule has 3 nitrogen and oxygen atoms in total. The minimum absolute atomic E-state index is 0.578. The van der Waals surface area contributed by atoms with Crippen LogP contribution in [0.15, 0.2) is 12.4 Å². The fraction of sp³-hybridized carbons (Fsp3) is 0.750. The summed E-state index contributed by atoms with van der Waals surface area (Å²) in [5.74, 6) is 2.56. The van der Waals surface area contributed by atoms with Crippen molar-refractivity contribution in [3.63, 3.8) is 0 Å². The number of hydrogen-bond donors (Lipinski definition) is 0. The van der Waals surface area contributed by atoms with Crippen LogP contribution in [0.5, 0.6) is 0 Å². The van der Waals surface area contributed by atoms with Crippen LogP contribution in [-0.4, -0.2) is 17.1 Å². The van der Waals surface area contributed by atoms with Gasteiger partial charge < -0.3 is 4.74 Å². The van der Waals surface area contributed by atoms with Gasteiger partial charge in [-0.15, -0.1) is 0 Å². The van der Waals surface area contributed by atoms with Crippen molar-refractivity contribution in [2.75, 3.05) is 7.11 Å². The molecule has 19 heavy (non-hydrogen) atoms. The summed E-state index contributed by atoms with van der Waals surface area (Å²) in [6.07, 6.45) is 13.2. The minimum atomic E-state index is 0.578. The van der Waals surface area contributed by atoms with E-state index in [2.05, 4.69) is 16.9 Å². The smallest absolute Gasteiger partial charge is 0.131 e. The average molecular weight is 262 g/mol. The first-order chi connectivity index (χ1) is 9.33. The summed E-state index contributed by atoms with van der Waals surface area (Å²) in [6.45, 7) is 2.88. The van der Waals surface area contributed by atoms with Crippen LogP contribution >= 0.6 is 0 Å². The second-order valence-corrected chi connectivity index (χ2v) is 5.74. The first kappa shape index (κ1) is 14.4. The molecule has 0 N–H and O–H groups in total. The van der Waals surface area contributed by atoms with E-state index in [1.165, 1.54) is 44.9 Å². The van der Waals surface area contributed by atoms with Crippen LogP contribution in [-0.2, 0) is 11.3 Å². The lowest BCUT2D eigenvalue weighted by molar-refractivity contribution is 0.184. The van der Waals surface area contributed by atoms with Crippen LogP contribution in [0, 0.1) is 5.92 Å². The van der Waals surface area contributed by atoms with Gasteiger partial charge in [-0.25, -0.2) is 9.97 Å². The lowest BCUT2D eigenvalue weighted by Gasteiger charge is -2.27. The summed E-state index contributed by atoms with van der Waals surface area (Å²) in [7, 11) is 1.70. The van der Waals surface area contributed by atoms with E-state index in [4.69, 9.17) is 4.74 Å². The van der Waals surface area contributed by atoms with Gasteiger partial charge in [0.25, 0.3) is 0 Å². The normalized spacial score (nSPS) is 23.5. The maximum absolute atomic E-state index is 5.08. The first-order valence-electron chi connectivity index (χ1n) is 7.63. The molecule has 0 aliphatic heterocycles. The van der Waals surface area contributed by atoms with Crippen LogP contribution in [0.2, 0.25) is 0 Å². The van der Waals surface area contributed by atoms with Crippen LogP contribution < -0.4 is 0 Å². The standard InChI is InChI=1S/C16H26N2O/c1-3-4-5-13-6-8-15(9-7-13)16-17-10-14(11-18-16)12-19-2/h10-11,13,15H,3-9,12H2,1-2H3. The third-order valence-corrected chi connectivity index (χ3v) is 4.21. The van der Waals surface area contributed by atoms with E-state index in [1.54, 1.807) is 7.11 Å². The first-order valence-corrected chi connectivity index (χ1v) is 7.63. The molecule has 0 atom stereocenters. The molecule has 0 bridgehead atoms. The number of aromatic nitrogens is 2. The minimum Gasteiger partial charge on any atom is -0.380 e. The van der Waals surface area contributed by atoms with Crippen molar-refractivity contribution >= 4 is 0 Å². The predicted molar refractivity (Wildman–Crippen MR) is 77.0 cm³/mol. The van der Waals surface area contributed by atoms with Crippen molar-refractivity contribution < 1.29 is 4.74 Å². The maximum Gasteiger partial charge on any atom is 0.131 e. The molecule has 1 saturated carbocycles. The molecule has 0 unspecified atom stereocenters. The van der Waals surface area contributed by atoms with E-state index in [1.807, 2.05) is 12.4 Å². The Kier molecular flexibility index (Phi) is 5.77. The van der Waals surface area contributed by atoms with Gasteiger partial charge in [-0.2, -0.15) is 0 Å². The number of rotatable bonds is 6. The highest BCUT2D eigenvalue weighted by molar-refractivity contribution is 5.07. The zero-order valence-electron chi connectivity index (χ0n) is 12.3. The summed E-state index contributed by atoms with van der Waals surface area (Å²) in [4.78, 5) is 9.03. The SMILES string of the molecule is CCCCC1CCC(c2ncc(COC)cn2)CC1. The number of ether oxygens (including phenoxy) is 1. The summed E-state index contributed by atoms with van der Waals surface area (Å²) < 4.78 is 5.08. The van der Waals surface area contributed by atoms with E-state index in [-0.39, 0.29) is 0 Å². The molecule has 3 heteroatoms. The number of nitrogens with zero attached hydrogens (tertiary/aromatic N) is 2. The molecule has 0 aromatic carbocycles. The highest BCUT2D eigenvalue weighted by Gasteiger charge is 2.23. The second-order valence-electron chi connectivity index (χ2n) is 5.74. The van der Waals surface area contributed by atoms with E-state index < -0.39 is 0 Å². The predicted octanol–water partition coefficient (Wildman–Crippen LogP) is 4.09. The summed E-state index contributed by atoms with van der Waals surface area (Å²) in [6, 6.07) is 0. The van der Waals surface area contributed by atoms with Crippen molar-refractivity contribution in [3.05, 3.63) is 23.8 Å². The Labute approximate surface area is 116 Å². The van der Waals surface area contributed by atoms with Crippen LogP contribution in [0.25, 0.3) is 0 Å². The molecule has 1 aromatic rings. The van der Waals surface area contributed by atoms with E-state index in [0.717, 1.165) is 17.3 Å². The number of methoxy groups -OCH3 is 1. The van der Waals surface area contributed by atoms with E-state index in [9.17, 15) is 0 Å². The van der Waals surface area contributed by atoms with Gasteiger partial charge in [0, 0.05) is 31.0 Å². The summed E-state index contributed by atoms with van der Waals surface area (Å²) >= 11 is 0. The van der Waals surface area contributed by atoms with Crippen LogP contribution in [0.3, 0.4) is 0 Å². The van der Waals surface area contributed by atoms with Crippen LogP contribution in [0.1, 0.15) is 69.2 Å². The number of unbranched alkanes of at least 4 members (excludes halogenated alkanes) is 1. The zero-order chi connectivity index (χ0) is 13.5. The van der Waals surface area contributed by atoms with Gasteiger partial charge in [0.1, 0.15) is 5.82 Å². The van der Waals surface area contributed by atoms with Crippen molar-refractivity contribution in [2.45, 2.75) is 64.4 Å². The second kappa shape index (κ2) is 7.59. The Morgan fingerprint density at radius 3 is 2.42 bits per heavy atom. The fourth-order valence-corrected chi connectivity index (χ4v) is 3.02. The quantitative estimate of drug-likeness (QED) is 0.774. The van der Waals surface area contributed by atoms with Gasteiger partial charge in [-0.05, 0) is 31.6 Å². The summed E-state index contributed by atoms with van der Waals surface area (Å²) in [5, 5.41) is 0. The van der Waals surface area contributed by atoms with Gasteiger partial charge in [-0.1, -0.05) is 26.2 Å². The molecule has 2 rings (SSSR count). The molecule has 1 aromatic heterocycles. The molecule has 0 radical (unpaired) electrons. The van der Waals surface area contributed by atoms with Gasteiger partial charge in [-0.3, -0.25) is 0 Å². The topological polar surface area (TPSA) is 35.0 Å². The Bertz CT molecular complexity index is 356. The molecule has 0 spiro atoms. The molecule has 1 aliphatic rings. The summed E-state index contributed by atoms with van der Waals surface area (Å²) in [5.41, 5.74) is 1.06. The van der Waals surface area contributed by atoms with Crippen LogP contribution in [0.4, 0.5) is 0 Å². The van der Waals surface area contributed by atoms with Gasteiger partial charge >= 0.3 is 0 Å². The molecule has 1 aliphatic carbocycles. The van der Waals surface area contributed by atoms with Crippen molar-refractivity contribution in [2.24, 2.45) is 5.92 Å². The Morgan fingerprint density at radius 1 is 1.16 bits per heavy atom. The highest BCUT2D eigenvalue weighted by atomic mass is 16.5. The molecule has 1 fully saturated rings. The number of hydrogen-bond acceptors (Lipinski definition) is 3. The lowest BCUT2D eigenvalue weighted by Crippen LogP contribution is -2.15. The largest absolute Gasteiger partial charge is 0.380 e. The highest BCUT2D eigenvalue weighted by Crippen LogP contribution is 2.36. The van der Waals surface area contributed by atoms with Crippen molar-refractivity contribution in [1.82, 2.24) is 9.97 Å². The third-order valence-electron chi connectivity index (χ3n) is 4.21. The van der Waals surface area contributed by atoms with Gasteiger partial charge in [0.15, 0.2) is 0 Å². The molecule has 106 valence electrons. The average Bonchev–Trinajstić information content (AvgIpc) is 2.47. The maximum atomic E-state index is 5.08. The molecular weight excluding hydrogens is 236 g/mol. The van der Waals surface area contributed by atoms with Gasteiger partial charge in [0.2, 0.25) is 0 Å². The monoisotopic (exact) mass is 262 g/mol. The Morgan fingerprint density at radius 2 is 1.84 bits per heavy atom. The third kappa shape index (κ3) is 4.27. The molecule has 1 heterocycles. The molecule has 0 amide bonds. The zero-order valence-corrected chi connectivity index (χ0v) is 12.3. The van der Waals surface area contributed by atoms with E-state index >= 15 is 0 Å². The molecule has 0 saturated heterocycles. The van der Waals surface area contributed by atoms with Crippen molar-refractivity contribution in [1.29, 1.82) is 0 Å². The Hall–Kier alpha value is -0.960.